The van der Waals surface area contributed by atoms with Crippen molar-refractivity contribution < 1.29 is 4.74 Å². The molecule has 0 aromatic carbocycles. The largest absolute Gasteiger partial charge is 0.478 e. The van der Waals surface area contributed by atoms with Gasteiger partial charge in [-0.1, -0.05) is 0 Å². The van der Waals surface area contributed by atoms with Gasteiger partial charge in [0.25, 0.3) is 0 Å². The second kappa shape index (κ2) is 4.77. The van der Waals surface area contributed by atoms with Crippen LogP contribution in [-0.2, 0) is 0 Å². The van der Waals surface area contributed by atoms with Gasteiger partial charge in [-0.25, -0.2) is 4.98 Å². The Bertz CT molecular complexity index is 345. The van der Waals surface area contributed by atoms with Crippen LogP contribution in [0, 0.1) is 0 Å². The van der Waals surface area contributed by atoms with Crippen molar-refractivity contribution in [2.24, 2.45) is 4.99 Å². The molecule has 0 aliphatic carbocycles. The standard InChI is InChI=1S/C11H15N3O/c1-2-15-11-6-5-9(8-13-11)14-10-4-3-7-12-10/h5-6,8H,2-4,7H2,1H3,(H,12,14). The molecule has 1 aromatic rings. The highest BCUT2D eigenvalue weighted by Crippen LogP contribution is 2.13. The average Bonchev–Trinajstić information content (AvgIpc) is 2.74. The van der Waals surface area contributed by atoms with Crippen LogP contribution < -0.4 is 10.1 Å². The van der Waals surface area contributed by atoms with Gasteiger partial charge < -0.3 is 10.1 Å². The van der Waals surface area contributed by atoms with E-state index in [0.717, 1.165) is 30.9 Å². The number of amidine groups is 1. The van der Waals surface area contributed by atoms with E-state index in [1.807, 2.05) is 19.1 Å². The molecule has 0 saturated carbocycles. The molecule has 2 heterocycles. The highest BCUT2D eigenvalue weighted by Gasteiger charge is 2.06. The highest BCUT2D eigenvalue weighted by atomic mass is 16.5. The molecule has 80 valence electrons. The molecule has 0 saturated heterocycles. The first-order chi connectivity index (χ1) is 7.38. The van der Waals surface area contributed by atoms with Crippen molar-refractivity contribution in [3.8, 4) is 5.88 Å². The number of hydrogen-bond acceptors (Lipinski definition) is 4. The number of ether oxygens (including phenoxy) is 1. The summed E-state index contributed by atoms with van der Waals surface area (Å²) >= 11 is 0. The Kier molecular flexibility index (Phi) is 3.17. The zero-order valence-electron chi connectivity index (χ0n) is 8.86. The lowest BCUT2D eigenvalue weighted by molar-refractivity contribution is 0.327. The molecule has 1 aliphatic rings. The van der Waals surface area contributed by atoms with Crippen LogP contribution in [0.15, 0.2) is 23.3 Å². The molecule has 15 heavy (non-hydrogen) atoms. The number of aromatic nitrogens is 1. The van der Waals surface area contributed by atoms with Crippen LogP contribution in [0.5, 0.6) is 5.88 Å². The minimum Gasteiger partial charge on any atom is -0.478 e. The van der Waals surface area contributed by atoms with Crippen LogP contribution in [-0.4, -0.2) is 24.0 Å². The Balaban J connectivity index is 1.97. The normalized spacial score (nSPS) is 14.9. The third-order valence-electron chi connectivity index (χ3n) is 2.19. The van der Waals surface area contributed by atoms with Crippen LogP contribution in [0.3, 0.4) is 0 Å². The number of aliphatic imine (C=N–C) groups is 1. The predicted molar refractivity (Wildman–Crippen MR) is 60.6 cm³/mol. The lowest BCUT2D eigenvalue weighted by Gasteiger charge is -2.06. The first kappa shape index (κ1) is 9.96. The van der Waals surface area contributed by atoms with Gasteiger partial charge >= 0.3 is 0 Å². The minimum atomic E-state index is 0.645. The lowest BCUT2D eigenvalue weighted by Crippen LogP contribution is -2.08. The molecule has 1 aliphatic heterocycles. The van der Waals surface area contributed by atoms with Crippen LogP contribution in [0.4, 0.5) is 5.69 Å². The topological polar surface area (TPSA) is 46.5 Å². The summed E-state index contributed by atoms with van der Waals surface area (Å²) in [5.74, 6) is 1.72. The number of anilines is 1. The van der Waals surface area contributed by atoms with Gasteiger partial charge in [0, 0.05) is 19.0 Å². The molecular formula is C11H15N3O. The first-order valence-electron chi connectivity index (χ1n) is 5.27. The molecule has 1 N–H and O–H groups in total. The summed E-state index contributed by atoms with van der Waals surface area (Å²) in [6.07, 6.45) is 3.95. The van der Waals surface area contributed by atoms with E-state index in [0.29, 0.717) is 12.5 Å². The van der Waals surface area contributed by atoms with E-state index < -0.39 is 0 Å². The SMILES string of the molecule is CCOc1ccc(NC2=NCCC2)cn1. The van der Waals surface area contributed by atoms with Crippen LogP contribution in [0.25, 0.3) is 0 Å². The molecule has 0 radical (unpaired) electrons. The van der Waals surface area contributed by atoms with Gasteiger partial charge in [0.05, 0.1) is 18.5 Å². The Morgan fingerprint density at radius 1 is 1.47 bits per heavy atom. The number of nitrogens with one attached hydrogen (secondary N) is 1. The zero-order chi connectivity index (χ0) is 10.5. The second-order valence-corrected chi connectivity index (χ2v) is 3.38. The highest BCUT2D eigenvalue weighted by molar-refractivity contribution is 5.96. The summed E-state index contributed by atoms with van der Waals surface area (Å²) in [6, 6.07) is 3.82. The van der Waals surface area contributed by atoms with E-state index in [1.165, 1.54) is 0 Å². The first-order valence-corrected chi connectivity index (χ1v) is 5.27. The third kappa shape index (κ3) is 2.68. The maximum Gasteiger partial charge on any atom is 0.213 e. The summed E-state index contributed by atoms with van der Waals surface area (Å²) in [7, 11) is 0. The van der Waals surface area contributed by atoms with Crippen molar-refractivity contribution in [2.75, 3.05) is 18.5 Å². The van der Waals surface area contributed by atoms with E-state index in [-0.39, 0.29) is 0 Å². The third-order valence-corrected chi connectivity index (χ3v) is 2.19. The van der Waals surface area contributed by atoms with E-state index in [4.69, 9.17) is 4.74 Å². The van der Waals surface area contributed by atoms with Crippen molar-refractivity contribution in [1.29, 1.82) is 0 Å². The fourth-order valence-electron chi connectivity index (χ4n) is 1.50. The van der Waals surface area contributed by atoms with Gasteiger partial charge in [0.1, 0.15) is 5.84 Å². The van der Waals surface area contributed by atoms with Crippen LogP contribution in [0.1, 0.15) is 19.8 Å². The molecule has 2 rings (SSSR count). The maximum atomic E-state index is 5.26. The van der Waals surface area contributed by atoms with Gasteiger partial charge in [0.2, 0.25) is 5.88 Å². The zero-order valence-corrected chi connectivity index (χ0v) is 8.86. The van der Waals surface area contributed by atoms with Crippen molar-refractivity contribution in [1.82, 2.24) is 4.98 Å². The van der Waals surface area contributed by atoms with Crippen LogP contribution in [0.2, 0.25) is 0 Å². The van der Waals surface area contributed by atoms with Crippen molar-refractivity contribution >= 4 is 11.5 Å². The van der Waals surface area contributed by atoms with E-state index >= 15 is 0 Å². The van der Waals surface area contributed by atoms with Gasteiger partial charge in [-0.3, -0.25) is 4.99 Å². The van der Waals surface area contributed by atoms with Gasteiger partial charge in [-0.05, 0) is 19.4 Å². The summed E-state index contributed by atoms with van der Waals surface area (Å²) < 4.78 is 5.26. The van der Waals surface area contributed by atoms with Crippen molar-refractivity contribution in [2.45, 2.75) is 19.8 Å². The van der Waals surface area contributed by atoms with Crippen LogP contribution >= 0.6 is 0 Å². The molecule has 0 amide bonds. The summed E-state index contributed by atoms with van der Waals surface area (Å²) in [6.45, 7) is 3.53. The molecule has 4 nitrogen and oxygen atoms in total. The molecular weight excluding hydrogens is 190 g/mol. The number of nitrogens with zero attached hydrogens (tertiary/aromatic N) is 2. The monoisotopic (exact) mass is 205 g/mol. The van der Waals surface area contributed by atoms with E-state index in [2.05, 4.69) is 15.3 Å². The fourth-order valence-corrected chi connectivity index (χ4v) is 1.50. The van der Waals surface area contributed by atoms with Crippen molar-refractivity contribution in [3.05, 3.63) is 18.3 Å². The Labute approximate surface area is 89.4 Å². The number of rotatable bonds is 3. The minimum absolute atomic E-state index is 0.645. The van der Waals surface area contributed by atoms with Gasteiger partial charge in [-0.15, -0.1) is 0 Å². The van der Waals surface area contributed by atoms with E-state index in [1.54, 1.807) is 6.20 Å². The Morgan fingerprint density at radius 3 is 3.00 bits per heavy atom. The van der Waals surface area contributed by atoms with Crippen molar-refractivity contribution in [3.63, 3.8) is 0 Å². The molecule has 0 bridgehead atoms. The number of pyridine rings is 1. The van der Waals surface area contributed by atoms with E-state index in [9.17, 15) is 0 Å². The fraction of sp³-hybridized carbons (Fsp3) is 0.455. The summed E-state index contributed by atoms with van der Waals surface area (Å²) in [5.41, 5.74) is 0.971. The smallest absolute Gasteiger partial charge is 0.213 e. The Morgan fingerprint density at radius 2 is 2.40 bits per heavy atom. The molecule has 0 atom stereocenters. The van der Waals surface area contributed by atoms with Gasteiger partial charge in [0.15, 0.2) is 0 Å². The summed E-state index contributed by atoms with van der Waals surface area (Å²) in [4.78, 5) is 8.51. The van der Waals surface area contributed by atoms with Gasteiger partial charge in [-0.2, -0.15) is 0 Å². The molecule has 0 spiro atoms. The number of hydrogen-bond donors (Lipinski definition) is 1. The molecule has 0 unspecified atom stereocenters. The lowest BCUT2D eigenvalue weighted by atomic mass is 10.3. The molecule has 1 aromatic heterocycles. The predicted octanol–water partition coefficient (Wildman–Crippen LogP) is 2.08. The second-order valence-electron chi connectivity index (χ2n) is 3.38. The molecule has 0 fully saturated rings. The molecule has 4 heteroatoms. The average molecular weight is 205 g/mol. The summed E-state index contributed by atoms with van der Waals surface area (Å²) in [5, 5.41) is 3.24. The quantitative estimate of drug-likeness (QED) is 0.821. The Hall–Kier alpha value is -1.58. The maximum absolute atomic E-state index is 5.26.